The highest BCUT2D eigenvalue weighted by molar-refractivity contribution is 5.76. The molecule has 0 spiro atoms. The quantitative estimate of drug-likeness (QED) is 0.843. The molecule has 0 aromatic heterocycles. The smallest absolute Gasteiger partial charge is 0.416 e. The van der Waals surface area contributed by atoms with E-state index in [1.165, 1.54) is 17.0 Å². The van der Waals surface area contributed by atoms with Gasteiger partial charge in [-0.2, -0.15) is 13.2 Å². The molecule has 0 amide bonds. The Kier molecular flexibility index (Phi) is 5.52. The Morgan fingerprint density at radius 3 is 2.40 bits per heavy atom. The molecule has 0 radical (unpaired) electrons. The predicted octanol–water partition coefficient (Wildman–Crippen LogP) is 2.15. The number of carboxylic acids is 1. The van der Waals surface area contributed by atoms with Crippen LogP contribution in [0.1, 0.15) is 24.1 Å². The highest BCUT2D eigenvalue weighted by Crippen LogP contribution is 2.36. The first-order chi connectivity index (χ1) is 9.32. The minimum atomic E-state index is -4.62. The second-order valence-corrected chi connectivity index (χ2v) is 4.18. The summed E-state index contributed by atoms with van der Waals surface area (Å²) in [5.74, 6) is -1.38. The third-order valence-corrected chi connectivity index (χ3v) is 2.95. The first-order valence-electron chi connectivity index (χ1n) is 6.06. The maximum absolute atomic E-state index is 13.0. The van der Waals surface area contributed by atoms with Crippen molar-refractivity contribution in [3.63, 3.8) is 0 Å². The Balaban J connectivity index is 3.32. The highest BCUT2D eigenvalue weighted by atomic mass is 19.4. The van der Waals surface area contributed by atoms with Crippen molar-refractivity contribution in [3.8, 4) is 0 Å². The van der Waals surface area contributed by atoms with Crippen LogP contribution < -0.4 is 0 Å². The maximum atomic E-state index is 13.0. The Morgan fingerprint density at radius 2 is 1.95 bits per heavy atom. The van der Waals surface area contributed by atoms with Gasteiger partial charge in [0.05, 0.1) is 12.2 Å². The molecule has 7 heteroatoms. The molecule has 0 aliphatic heterocycles. The van der Waals surface area contributed by atoms with Crippen LogP contribution >= 0.6 is 0 Å². The monoisotopic (exact) mass is 291 g/mol. The lowest BCUT2D eigenvalue weighted by Crippen LogP contribution is -2.37. The van der Waals surface area contributed by atoms with Crippen molar-refractivity contribution in [1.29, 1.82) is 0 Å². The molecular weight excluding hydrogens is 275 g/mol. The van der Waals surface area contributed by atoms with Gasteiger partial charge in [-0.15, -0.1) is 0 Å². The molecule has 0 aliphatic rings. The van der Waals surface area contributed by atoms with Gasteiger partial charge in [-0.1, -0.05) is 25.1 Å². The Labute approximate surface area is 114 Å². The number of carboxylic acid groups (broad SMARTS) is 1. The summed E-state index contributed by atoms with van der Waals surface area (Å²) in [7, 11) is 0. The number of rotatable bonds is 6. The van der Waals surface area contributed by atoms with Crippen LogP contribution in [0.3, 0.4) is 0 Å². The fourth-order valence-electron chi connectivity index (χ4n) is 2.08. The Hall–Kier alpha value is -1.60. The van der Waals surface area contributed by atoms with Gasteiger partial charge in [0, 0.05) is 6.54 Å². The third-order valence-electron chi connectivity index (χ3n) is 2.95. The lowest BCUT2D eigenvalue weighted by Gasteiger charge is -2.29. The first-order valence-corrected chi connectivity index (χ1v) is 6.06. The van der Waals surface area contributed by atoms with Gasteiger partial charge in [-0.25, -0.2) is 0 Å². The van der Waals surface area contributed by atoms with E-state index in [0.29, 0.717) is 0 Å². The summed E-state index contributed by atoms with van der Waals surface area (Å²) in [5.41, 5.74) is -1.29. The van der Waals surface area contributed by atoms with E-state index in [4.69, 9.17) is 5.11 Å². The molecule has 112 valence electrons. The zero-order valence-electron chi connectivity index (χ0n) is 10.9. The molecule has 1 aromatic rings. The van der Waals surface area contributed by atoms with Crippen molar-refractivity contribution >= 4 is 5.97 Å². The van der Waals surface area contributed by atoms with E-state index in [1.54, 1.807) is 6.92 Å². The van der Waals surface area contributed by atoms with Crippen molar-refractivity contribution < 1.29 is 28.2 Å². The Bertz CT molecular complexity index is 462. The molecule has 0 saturated carbocycles. The number of alkyl halides is 3. The van der Waals surface area contributed by atoms with Crippen molar-refractivity contribution in [3.05, 3.63) is 35.4 Å². The SMILES string of the molecule is CCN(CCO)C(C(=O)O)c1ccccc1C(F)(F)F. The zero-order valence-corrected chi connectivity index (χ0v) is 10.9. The number of hydrogen-bond donors (Lipinski definition) is 2. The van der Waals surface area contributed by atoms with E-state index < -0.39 is 23.8 Å². The van der Waals surface area contributed by atoms with E-state index in [0.717, 1.165) is 12.1 Å². The molecule has 0 saturated heterocycles. The van der Waals surface area contributed by atoms with Crippen LogP contribution in [-0.2, 0) is 11.0 Å². The van der Waals surface area contributed by atoms with Crippen LogP contribution in [0.5, 0.6) is 0 Å². The van der Waals surface area contributed by atoms with Gasteiger partial charge < -0.3 is 10.2 Å². The fourth-order valence-corrected chi connectivity index (χ4v) is 2.08. The minimum absolute atomic E-state index is 0.0142. The van der Waals surface area contributed by atoms with Crippen LogP contribution in [0.15, 0.2) is 24.3 Å². The van der Waals surface area contributed by atoms with Crippen molar-refractivity contribution in [2.24, 2.45) is 0 Å². The summed E-state index contributed by atoms with van der Waals surface area (Å²) < 4.78 is 38.9. The van der Waals surface area contributed by atoms with Gasteiger partial charge in [0.15, 0.2) is 0 Å². The topological polar surface area (TPSA) is 60.8 Å². The van der Waals surface area contributed by atoms with E-state index >= 15 is 0 Å². The van der Waals surface area contributed by atoms with E-state index in [1.807, 2.05) is 0 Å². The lowest BCUT2D eigenvalue weighted by atomic mass is 9.98. The number of nitrogens with zero attached hydrogens (tertiary/aromatic N) is 1. The number of aliphatic hydroxyl groups excluding tert-OH is 1. The second kappa shape index (κ2) is 6.71. The van der Waals surface area contributed by atoms with E-state index in [-0.39, 0.29) is 25.3 Å². The van der Waals surface area contributed by atoms with Crippen LogP contribution in [0.2, 0.25) is 0 Å². The molecule has 0 fully saturated rings. The molecular formula is C13H16F3NO3. The number of halogens is 3. The van der Waals surface area contributed by atoms with E-state index in [2.05, 4.69) is 0 Å². The van der Waals surface area contributed by atoms with Crippen LogP contribution in [-0.4, -0.2) is 40.8 Å². The summed E-state index contributed by atoms with van der Waals surface area (Å²) >= 11 is 0. The average Bonchev–Trinajstić information content (AvgIpc) is 2.37. The third kappa shape index (κ3) is 3.71. The summed E-state index contributed by atoms with van der Waals surface area (Å²) in [6.45, 7) is 1.50. The molecule has 0 aliphatic carbocycles. The van der Waals surface area contributed by atoms with Crippen LogP contribution in [0.25, 0.3) is 0 Å². The molecule has 0 heterocycles. The number of benzene rings is 1. The van der Waals surface area contributed by atoms with Crippen LogP contribution in [0.4, 0.5) is 13.2 Å². The van der Waals surface area contributed by atoms with Crippen molar-refractivity contribution in [2.75, 3.05) is 19.7 Å². The summed E-state index contributed by atoms with van der Waals surface area (Å²) in [4.78, 5) is 12.6. The maximum Gasteiger partial charge on any atom is 0.416 e. The molecule has 1 rings (SSSR count). The number of aliphatic carboxylic acids is 1. The minimum Gasteiger partial charge on any atom is -0.480 e. The van der Waals surface area contributed by atoms with Gasteiger partial charge in [0.2, 0.25) is 0 Å². The summed E-state index contributed by atoms with van der Waals surface area (Å²) in [6, 6.07) is 3.16. The van der Waals surface area contributed by atoms with E-state index in [9.17, 15) is 23.1 Å². The van der Waals surface area contributed by atoms with Crippen molar-refractivity contribution in [1.82, 2.24) is 4.90 Å². The average molecular weight is 291 g/mol. The molecule has 2 N–H and O–H groups in total. The standard InChI is InChI=1S/C13H16F3NO3/c1-2-17(7-8-18)11(12(19)20)9-5-3-4-6-10(9)13(14,15)16/h3-6,11,18H,2,7-8H2,1H3,(H,19,20). The normalized spacial score (nSPS) is 13.5. The molecule has 0 bridgehead atoms. The van der Waals surface area contributed by atoms with Gasteiger partial charge in [0.25, 0.3) is 0 Å². The number of hydrogen-bond acceptors (Lipinski definition) is 3. The van der Waals surface area contributed by atoms with Gasteiger partial charge in [-0.3, -0.25) is 9.69 Å². The highest BCUT2D eigenvalue weighted by Gasteiger charge is 2.38. The van der Waals surface area contributed by atoms with Gasteiger partial charge in [0.1, 0.15) is 6.04 Å². The lowest BCUT2D eigenvalue weighted by molar-refractivity contribution is -0.146. The summed E-state index contributed by atoms with van der Waals surface area (Å²) in [5, 5.41) is 18.2. The fraction of sp³-hybridized carbons (Fsp3) is 0.462. The summed E-state index contributed by atoms with van der Waals surface area (Å²) in [6.07, 6.45) is -4.62. The molecule has 4 nitrogen and oxygen atoms in total. The molecule has 20 heavy (non-hydrogen) atoms. The molecule has 1 aromatic carbocycles. The van der Waals surface area contributed by atoms with Gasteiger partial charge in [-0.05, 0) is 18.2 Å². The second-order valence-electron chi connectivity index (χ2n) is 4.18. The first kappa shape index (κ1) is 16.5. The largest absolute Gasteiger partial charge is 0.480 e. The van der Waals surface area contributed by atoms with Crippen molar-refractivity contribution in [2.45, 2.75) is 19.1 Å². The molecule has 1 atom stereocenters. The predicted molar refractivity (Wildman–Crippen MR) is 66.2 cm³/mol. The zero-order chi connectivity index (χ0) is 15.3. The van der Waals surface area contributed by atoms with Crippen LogP contribution in [0, 0.1) is 0 Å². The molecule has 1 unspecified atom stereocenters. The van der Waals surface area contributed by atoms with Gasteiger partial charge >= 0.3 is 12.1 Å². The number of carbonyl (C=O) groups is 1. The number of aliphatic hydroxyl groups is 1. The Morgan fingerprint density at radius 1 is 1.35 bits per heavy atom. The number of likely N-dealkylation sites (N-methyl/N-ethyl adjacent to an activating group) is 1.